The van der Waals surface area contributed by atoms with E-state index in [2.05, 4.69) is 11.0 Å². The highest BCUT2D eigenvalue weighted by Crippen LogP contribution is 2.25. The number of piperazine rings is 1. The molecular weight excluding hydrogens is 318 g/mol. The Hall–Kier alpha value is -2.10. The SMILES string of the molecule is C[C@H](Oc1cccc(C#N)c1)C(=O)N1CCN([C@H]2CCC[C@H]2O)CC1. The first kappa shape index (κ1) is 17.7. The van der Waals surface area contributed by atoms with Crippen molar-refractivity contribution in [3.8, 4) is 11.8 Å². The van der Waals surface area contributed by atoms with Gasteiger partial charge in [0.15, 0.2) is 6.10 Å². The maximum Gasteiger partial charge on any atom is 0.263 e. The van der Waals surface area contributed by atoms with Crippen LogP contribution in [0.15, 0.2) is 24.3 Å². The highest BCUT2D eigenvalue weighted by atomic mass is 16.5. The summed E-state index contributed by atoms with van der Waals surface area (Å²) < 4.78 is 5.72. The average Bonchev–Trinajstić information content (AvgIpc) is 3.07. The van der Waals surface area contributed by atoms with E-state index in [4.69, 9.17) is 10.00 Å². The fourth-order valence-electron chi connectivity index (χ4n) is 3.77. The molecule has 1 saturated carbocycles. The third-order valence-electron chi connectivity index (χ3n) is 5.16. The summed E-state index contributed by atoms with van der Waals surface area (Å²) in [5, 5.41) is 19.0. The Labute approximate surface area is 148 Å². The van der Waals surface area contributed by atoms with Gasteiger partial charge in [-0.3, -0.25) is 9.69 Å². The van der Waals surface area contributed by atoms with Crippen molar-refractivity contribution in [3.63, 3.8) is 0 Å². The Morgan fingerprint density at radius 1 is 1.32 bits per heavy atom. The molecule has 1 saturated heterocycles. The van der Waals surface area contributed by atoms with E-state index in [-0.39, 0.29) is 18.1 Å². The zero-order valence-electron chi connectivity index (χ0n) is 14.6. The number of aliphatic hydroxyl groups excluding tert-OH is 1. The van der Waals surface area contributed by atoms with Gasteiger partial charge in [0, 0.05) is 32.2 Å². The van der Waals surface area contributed by atoms with Crippen LogP contribution in [-0.4, -0.2) is 65.2 Å². The summed E-state index contributed by atoms with van der Waals surface area (Å²) in [7, 11) is 0. The molecule has 2 fully saturated rings. The normalized spacial score (nSPS) is 25.4. The Balaban J connectivity index is 1.52. The predicted octanol–water partition coefficient (Wildman–Crippen LogP) is 1.38. The lowest BCUT2D eigenvalue weighted by Gasteiger charge is -2.39. The van der Waals surface area contributed by atoms with Crippen LogP contribution >= 0.6 is 0 Å². The number of aliphatic hydroxyl groups is 1. The largest absolute Gasteiger partial charge is 0.481 e. The molecule has 0 unspecified atom stereocenters. The van der Waals surface area contributed by atoms with E-state index in [1.165, 1.54) is 0 Å². The van der Waals surface area contributed by atoms with Crippen LogP contribution in [0.2, 0.25) is 0 Å². The summed E-state index contributed by atoms with van der Waals surface area (Å²) in [4.78, 5) is 16.8. The molecule has 0 bridgehead atoms. The number of carbonyl (C=O) groups excluding carboxylic acids is 1. The van der Waals surface area contributed by atoms with E-state index in [9.17, 15) is 9.90 Å². The number of benzene rings is 1. The van der Waals surface area contributed by atoms with Crippen LogP contribution in [0.4, 0.5) is 0 Å². The Morgan fingerprint density at radius 2 is 2.08 bits per heavy atom. The van der Waals surface area contributed by atoms with Crippen molar-refractivity contribution in [2.45, 2.75) is 44.4 Å². The lowest BCUT2D eigenvalue weighted by Crippen LogP contribution is -2.55. The van der Waals surface area contributed by atoms with Gasteiger partial charge in [-0.1, -0.05) is 6.07 Å². The number of hydrogen-bond acceptors (Lipinski definition) is 5. The summed E-state index contributed by atoms with van der Waals surface area (Å²) in [5.41, 5.74) is 0.515. The molecule has 2 aliphatic rings. The second-order valence-electron chi connectivity index (χ2n) is 6.83. The lowest BCUT2D eigenvalue weighted by molar-refractivity contribution is -0.140. The third-order valence-corrected chi connectivity index (χ3v) is 5.16. The van der Waals surface area contributed by atoms with Gasteiger partial charge < -0.3 is 14.7 Å². The molecule has 1 aliphatic heterocycles. The van der Waals surface area contributed by atoms with Gasteiger partial charge in [0.2, 0.25) is 0 Å². The number of hydrogen-bond donors (Lipinski definition) is 1. The molecule has 1 aromatic rings. The summed E-state index contributed by atoms with van der Waals surface area (Å²) in [5.74, 6) is 0.501. The maximum atomic E-state index is 12.6. The fourth-order valence-corrected chi connectivity index (χ4v) is 3.77. The predicted molar refractivity (Wildman–Crippen MR) is 93.0 cm³/mol. The van der Waals surface area contributed by atoms with Gasteiger partial charge in [-0.05, 0) is 44.4 Å². The Bertz CT molecular complexity index is 650. The van der Waals surface area contributed by atoms with E-state index >= 15 is 0 Å². The van der Waals surface area contributed by atoms with E-state index in [1.807, 2.05) is 4.90 Å². The van der Waals surface area contributed by atoms with Gasteiger partial charge in [-0.25, -0.2) is 0 Å². The van der Waals surface area contributed by atoms with Crippen molar-refractivity contribution in [3.05, 3.63) is 29.8 Å². The number of amides is 1. The summed E-state index contributed by atoms with van der Waals surface area (Å²) >= 11 is 0. The van der Waals surface area contributed by atoms with Gasteiger partial charge in [-0.2, -0.15) is 5.26 Å². The molecule has 134 valence electrons. The van der Waals surface area contributed by atoms with E-state index in [0.717, 1.165) is 32.4 Å². The number of ether oxygens (including phenoxy) is 1. The van der Waals surface area contributed by atoms with Crippen molar-refractivity contribution >= 4 is 5.91 Å². The highest BCUT2D eigenvalue weighted by molar-refractivity contribution is 5.81. The van der Waals surface area contributed by atoms with E-state index in [1.54, 1.807) is 31.2 Å². The monoisotopic (exact) mass is 343 g/mol. The standard InChI is InChI=1S/C19H25N3O3/c1-14(25-16-5-2-4-15(12-16)13-20)19(24)22-10-8-21(9-11-22)17-6-3-7-18(17)23/h2,4-5,12,14,17-18,23H,3,6-11H2,1H3/t14-,17-,18+/m0/s1. The first-order valence-electron chi connectivity index (χ1n) is 8.96. The van der Waals surface area contributed by atoms with Gasteiger partial charge in [-0.15, -0.1) is 0 Å². The molecule has 3 atom stereocenters. The zero-order valence-corrected chi connectivity index (χ0v) is 14.6. The molecule has 1 amide bonds. The van der Waals surface area contributed by atoms with Gasteiger partial charge in [0.05, 0.1) is 17.7 Å². The summed E-state index contributed by atoms with van der Waals surface area (Å²) in [6, 6.07) is 9.16. The zero-order chi connectivity index (χ0) is 17.8. The Morgan fingerprint density at radius 3 is 2.72 bits per heavy atom. The second kappa shape index (κ2) is 7.85. The van der Waals surface area contributed by atoms with Crippen LogP contribution < -0.4 is 4.74 Å². The Kier molecular flexibility index (Phi) is 5.57. The smallest absolute Gasteiger partial charge is 0.263 e. The molecule has 6 nitrogen and oxygen atoms in total. The van der Waals surface area contributed by atoms with Crippen LogP contribution in [0, 0.1) is 11.3 Å². The molecule has 6 heteroatoms. The van der Waals surface area contributed by atoms with Gasteiger partial charge in [0.25, 0.3) is 5.91 Å². The molecule has 1 aliphatic carbocycles. The molecule has 1 aromatic carbocycles. The summed E-state index contributed by atoms with van der Waals surface area (Å²) in [6.07, 6.45) is 2.20. The quantitative estimate of drug-likeness (QED) is 0.894. The van der Waals surface area contributed by atoms with Crippen LogP contribution in [0.25, 0.3) is 0 Å². The van der Waals surface area contributed by atoms with Crippen LogP contribution in [0.3, 0.4) is 0 Å². The van der Waals surface area contributed by atoms with Crippen LogP contribution in [0.1, 0.15) is 31.7 Å². The molecule has 1 N–H and O–H groups in total. The second-order valence-corrected chi connectivity index (χ2v) is 6.83. The average molecular weight is 343 g/mol. The van der Waals surface area contributed by atoms with Crippen molar-refractivity contribution < 1.29 is 14.6 Å². The summed E-state index contributed by atoms with van der Waals surface area (Å²) in [6.45, 7) is 4.66. The van der Waals surface area contributed by atoms with Gasteiger partial charge >= 0.3 is 0 Å². The van der Waals surface area contributed by atoms with Crippen molar-refractivity contribution in [1.29, 1.82) is 5.26 Å². The number of nitrogens with zero attached hydrogens (tertiary/aromatic N) is 3. The van der Waals surface area contributed by atoms with Crippen LogP contribution in [0.5, 0.6) is 5.75 Å². The van der Waals surface area contributed by atoms with Crippen LogP contribution in [-0.2, 0) is 4.79 Å². The number of nitriles is 1. The van der Waals surface area contributed by atoms with Gasteiger partial charge in [0.1, 0.15) is 5.75 Å². The van der Waals surface area contributed by atoms with Crippen molar-refractivity contribution in [2.24, 2.45) is 0 Å². The lowest BCUT2D eigenvalue weighted by atomic mass is 10.1. The first-order valence-corrected chi connectivity index (χ1v) is 8.96. The minimum atomic E-state index is -0.586. The molecule has 3 rings (SSSR count). The number of rotatable bonds is 4. The highest BCUT2D eigenvalue weighted by Gasteiger charge is 2.34. The van der Waals surface area contributed by atoms with E-state index in [0.29, 0.717) is 24.4 Å². The molecule has 1 heterocycles. The van der Waals surface area contributed by atoms with Crippen molar-refractivity contribution in [2.75, 3.05) is 26.2 Å². The van der Waals surface area contributed by atoms with E-state index < -0.39 is 6.10 Å². The molecule has 25 heavy (non-hydrogen) atoms. The fraction of sp³-hybridized carbons (Fsp3) is 0.579. The third kappa shape index (κ3) is 4.12. The molecular formula is C19H25N3O3. The topological polar surface area (TPSA) is 76.8 Å². The minimum Gasteiger partial charge on any atom is -0.481 e. The maximum absolute atomic E-state index is 12.6. The first-order chi connectivity index (χ1) is 12.1. The molecule has 0 aromatic heterocycles. The molecule has 0 radical (unpaired) electrons. The molecule has 0 spiro atoms. The number of carbonyl (C=O) groups is 1. The van der Waals surface area contributed by atoms with Crippen molar-refractivity contribution in [1.82, 2.24) is 9.80 Å². The minimum absolute atomic E-state index is 0.0334.